The second-order valence-corrected chi connectivity index (χ2v) is 9.03. The molecule has 0 bridgehead atoms. The lowest BCUT2D eigenvalue weighted by Gasteiger charge is -2.38. The van der Waals surface area contributed by atoms with Gasteiger partial charge in [0, 0.05) is 31.3 Å². The van der Waals surface area contributed by atoms with Gasteiger partial charge >= 0.3 is 6.18 Å². The first-order chi connectivity index (χ1) is 17.2. The van der Waals surface area contributed by atoms with Crippen LogP contribution in [0.4, 0.5) is 24.7 Å². The summed E-state index contributed by atoms with van der Waals surface area (Å²) in [6.45, 7) is 2.24. The number of ether oxygens (including phenoxy) is 3. The Labute approximate surface area is 210 Å². The molecule has 1 amide bonds. The Morgan fingerprint density at radius 3 is 2.58 bits per heavy atom. The molecule has 1 N–H and O–H groups in total. The van der Waals surface area contributed by atoms with E-state index in [2.05, 4.69) is 10.2 Å². The quantitative estimate of drug-likeness (QED) is 0.493. The summed E-state index contributed by atoms with van der Waals surface area (Å²) in [6, 6.07) is 11.9. The molecule has 3 heterocycles. The topological polar surface area (TPSA) is 72.9 Å². The molecule has 0 unspecified atom stereocenters. The third-order valence-corrected chi connectivity index (χ3v) is 6.59. The largest absolute Gasteiger partial charge is 0.481 e. The van der Waals surface area contributed by atoms with E-state index in [1.807, 2.05) is 18.2 Å². The number of para-hydroxylation sites is 1. The number of fused-ring (bicyclic) bond motifs is 1. The normalized spacial score (nSPS) is 17.5. The Kier molecular flexibility index (Phi) is 6.67. The molecule has 0 saturated carbocycles. The Balaban J connectivity index is 1.27. The fourth-order valence-corrected chi connectivity index (χ4v) is 4.56. The molecule has 190 valence electrons. The van der Waals surface area contributed by atoms with Crippen LogP contribution >= 0.6 is 11.6 Å². The molecule has 2 saturated heterocycles. The van der Waals surface area contributed by atoms with Gasteiger partial charge in [-0.3, -0.25) is 4.79 Å². The van der Waals surface area contributed by atoms with Crippen molar-refractivity contribution in [2.24, 2.45) is 0 Å². The Morgan fingerprint density at radius 1 is 1.11 bits per heavy atom. The molecule has 7 nitrogen and oxygen atoms in total. The molecule has 1 spiro atoms. The highest BCUT2D eigenvalue weighted by atomic mass is 35.5. The van der Waals surface area contributed by atoms with E-state index in [0.717, 1.165) is 55.3 Å². The van der Waals surface area contributed by atoms with Crippen molar-refractivity contribution in [2.45, 2.75) is 24.8 Å². The van der Waals surface area contributed by atoms with Gasteiger partial charge in [0.05, 0.1) is 29.5 Å². The number of anilines is 2. The number of rotatable bonds is 5. The lowest BCUT2D eigenvalue weighted by atomic mass is 10.0. The number of halogens is 4. The number of piperidine rings is 1. The minimum atomic E-state index is -4.56. The zero-order valence-electron chi connectivity index (χ0n) is 19.1. The van der Waals surface area contributed by atoms with Crippen LogP contribution in [0.5, 0.6) is 5.75 Å². The summed E-state index contributed by atoms with van der Waals surface area (Å²) in [5.41, 5.74) is -0.478. The van der Waals surface area contributed by atoms with Crippen molar-refractivity contribution in [3.05, 3.63) is 59.1 Å². The van der Waals surface area contributed by atoms with Crippen LogP contribution in [-0.2, 0) is 20.4 Å². The lowest BCUT2D eigenvalue weighted by molar-refractivity contribution is -0.169. The number of aromatic nitrogens is 1. The van der Waals surface area contributed by atoms with E-state index < -0.39 is 30.0 Å². The van der Waals surface area contributed by atoms with Gasteiger partial charge in [-0.15, -0.1) is 0 Å². The Bertz CT molecular complexity index is 1270. The number of carbonyl (C=O) groups excluding carboxylic acids is 1. The van der Waals surface area contributed by atoms with E-state index in [9.17, 15) is 18.0 Å². The predicted molar refractivity (Wildman–Crippen MR) is 128 cm³/mol. The first-order valence-corrected chi connectivity index (χ1v) is 11.8. The van der Waals surface area contributed by atoms with E-state index in [1.54, 1.807) is 12.1 Å². The van der Waals surface area contributed by atoms with Crippen molar-refractivity contribution in [2.75, 3.05) is 43.1 Å². The third kappa shape index (κ3) is 5.21. The molecule has 0 radical (unpaired) electrons. The number of hydrogen-bond donors (Lipinski definition) is 1. The lowest BCUT2D eigenvalue weighted by Crippen LogP contribution is -2.45. The van der Waals surface area contributed by atoms with Gasteiger partial charge in [0.25, 0.3) is 5.91 Å². The fourth-order valence-electron chi connectivity index (χ4n) is 4.39. The van der Waals surface area contributed by atoms with Gasteiger partial charge in [-0.1, -0.05) is 23.7 Å². The van der Waals surface area contributed by atoms with Crippen LogP contribution in [0.15, 0.2) is 48.5 Å². The summed E-state index contributed by atoms with van der Waals surface area (Å²) in [6.07, 6.45) is -3.08. The van der Waals surface area contributed by atoms with E-state index >= 15 is 0 Å². The van der Waals surface area contributed by atoms with Crippen molar-refractivity contribution in [1.82, 2.24) is 4.98 Å². The van der Waals surface area contributed by atoms with Crippen molar-refractivity contribution in [1.29, 1.82) is 0 Å². The third-order valence-electron chi connectivity index (χ3n) is 6.26. The van der Waals surface area contributed by atoms with Crippen LogP contribution in [0, 0.1) is 0 Å². The van der Waals surface area contributed by atoms with E-state index in [-0.39, 0.29) is 10.7 Å². The molecular weight excluding hydrogens is 499 g/mol. The monoisotopic (exact) mass is 521 g/mol. The van der Waals surface area contributed by atoms with Crippen LogP contribution in [0.1, 0.15) is 18.4 Å². The maximum Gasteiger partial charge on any atom is 0.416 e. The first-order valence-electron chi connectivity index (χ1n) is 11.4. The van der Waals surface area contributed by atoms with Gasteiger partial charge in [0.2, 0.25) is 0 Å². The molecule has 2 aliphatic heterocycles. The zero-order chi connectivity index (χ0) is 25.3. The predicted octanol–water partition coefficient (Wildman–Crippen LogP) is 5.27. The molecule has 1 aromatic heterocycles. The summed E-state index contributed by atoms with van der Waals surface area (Å²) in [4.78, 5) is 19.4. The van der Waals surface area contributed by atoms with Crippen molar-refractivity contribution in [3.63, 3.8) is 0 Å². The fraction of sp³-hybridized carbons (Fsp3) is 0.360. The average Bonchev–Trinajstić information content (AvgIpc) is 3.31. The van der Waals surface area contributed by atoms with Crippen LogP contribution in [0.25, 0.3) is 10.9 Å². The Hall–Kier alpha value is -3.08. The smallest absolute Gasteiger partial charge is 0.416 e. The minimum Gasteiger partial charge on any atom is -0.481 e. The van der Waals surface area contributed by atoms with Gasteiger partial charge < -0.3 is 24.4 Å². The van der Waals surface area contributed by atoms with Crippen LogP contribution in [0.3, 0.4) is 0 Å². The highest BCUT2D eigenvalue weighted by Gasteiger charge is 2.40. The molecule has 11 heteroatoms. The van der Waals surface area contributed by atoms with Crippen LogP contribution in [-0.4, -0.2) is 49.6 Å². The molecule has 3 aromatic rings. The summed E-state index contributed by atoms with van der Waals surface area (Å²) >= 11 is 5.96. The number of amides is 1. The molecular formula is C25H23ClF3N3O4. The standard InChI is InChI=1S/C25H23ClF3N3O4/c26-18-6-5-17(25(27,28)29)14-19(18)30-22(33)15-34-20-3-1-2-16-4-7-21(31-23(16)20)32-10-8-24(9-11-32)35-12-13-36-24/h1-7,14H,8-13,15H2,(H,30,33). The number of nitrogens with one attached hydrogen (secondary N) is 1. The number of nitrogens with zero attached hydrogens (tertiary/aromatic N) is 2. The van der Waals surface area contributed by atoms with Gasteiger partial charge in [-0.05, 0) is 36.4 Å². The second kappa shape index (κ2) is 9.76. The molecule has 0 aliphatic carbocycles. The minimum absolute atomic E-state index is 0.00969. The van der Waals surface area contributed by atoms with E-state index in [1.165, 1.54) is 0 Å². The molecule has 5 rings (SSSR count). The number of hydrogen-bond acceptors (Lipinski definition) is 6. The molecule has 36 heavy (non-hydrogen) atoms. The van der Waals surface area contributed by atoms with Crippen LogP contribution in [0.2, 0.25) is 5.02 Å². The molecule has 2 aliphatic rings. The summed E-state index contributed by atoms with van der Waals surface area (Å²) in [5.74, 6) is 0.0155. The summed E-state index contributed by atoms with van der Waals surface area (Å²) in [7, 11) is 0. The highest BCUT2D eigenvalue weighted by molar-refractivity contribution is 6.33. The number of carbonyl (C=O) groups is 1. The van der Waals surface area contributed by atoms with E-state index in [4.69, 9.17) is 30.8 Å². The zero-order valence-corrected chi connectivity index (χ0v) is 19.9. The van der Waals surface area contributed by atoms with Crippen LogP contribution < -0.4 is 15.0 Å². The highest BCUT2D eigenvalue weighted by Crippen LogP contribution is 2.35. The SMILES string of the molecule is O=C(COc1cccc2ccc(N3CCC4(CC3)OCCO4)nc12)Nc1cc(C(F)(F)F)ccc1Cl. The number of benzene rings is 2. The summed E-state index contributed by atoms with van der Waals surface area (Å²) in [5, 5.41) is 3.20. The maximum absolute atomic E-state index is 13.0. The number of alkyl halides is 3. The maximum atomic E-state index is 13.0. The second-order valence-electron chi connectivity index (χ2n) is 8.62. The molecule has 0 atom stereocenters. The number of pyridine rings is 1. The van der Waals surface area contributed by atoms with Gasteiger partial charge in [0.1, 0.15) is 17.1 Å². The van der Waals surface area contributed by atoms with Gasteiger partial charge in [-0.25, -0.2) is 4.98 Å². The summed E-state index contributed by atoms with van der Waals surface area (Å²) < 4.78 is 56.3. The van der Waals surface area contributed by atoms with E-state index in [0.29, 0.717) is 24.5 Å². The van der Waals surface area contributed by atoms with Gasteiger partial charge in [0.15, 0.2) is 12.4 Å². The Morgan fingerprint density at radius 2 is 1.86 bits per heavy atom. The molecule has 2 aromatic carbocycles. The first kappa shape index (κ1) is 24.6. The van der Waals surface area contributed by atoms with Crippen molar-refractivity contribution < 1.29 is 32.2 Å². The average molecular weight is 522 g/mol. The van der Waals surface area contributed by atoms with Gasteiger partial charge in [-0.2, -0.15) is 13.2 Å². The molecule has 2 fully saturated rings. The van der Waals surface area contributed by atoms with Crippen molar-refractivity contribution >= 4 is 39.9 Å². The van der Waals surface area contributed by atoms with Crippen molar-refractivity contribution in [3.8, 4) is 5.75 Å².